The molecule has 0 saturated carbocycles. The van der Waals surface area contributed by atoms with Gasteiger partial charge >= 0.3 is 0 Å². The van der Waals surface area contributed by atoms with Crippen molar-refractivity contribution in [3.8, 4) is 0 Å². The summed E-state index contributed by atoms with van der Waals surface area (Å²) in [7, 11) is 0. The average molecular weight is 216 g/mol. The molecule has 0 aromatic rings. The highest BCUT2D eigenvalue weighted by Gasteiger charge is 2.20. The van der Waals surface area contributed by atoms with E-state index in [0.717, 1.165) is 39.1 Å². The first-order valence-corrected chi connectivity index (χ1v) is 6.09. The minimum atomic E-state index is 0.296. The van der Waals surface area contributed by atoms with Crippen LogP contribution in [0.3, 0.4) is 0 Å². The van der Waals surface area contributed by atoms with E-state index >= 15 is 0 Å². The molecule has 15 heavy (non-hydrogen) atoms. The van der Waals surface area contributed by atoms with Crippen LogP contribution in [0.5, 0.6) is 0 Å². The molecular formula is C12H28N2O. The van der Waals surface area contributed by atoms with Gasteiger partial charge in [-0.15, -0.1) is 0 Å². The summed E-state index contributed by atoms with van der Waals surface area (Å²) in [6, 6.07) is 0. The van der Waals surface area contributed by atoms with Crippen molar-refractivity contribution in [3.63, 3.8) is 0 Å². The van der Waals surface area contributed by atoms with Crippen LogP contribution in [0.15, 0.2) is 0 Å². The topological polar surface area (TPSA) is 35.5 Å². The molecule has 0 aliphatic carbocycles. The molecule has 0 aliphatic rings. The maximum Gasteiger partial charge on any atom is 0.0443 e. The van der Waals surface area contributed by atoms with Crippen molar-refractivity contribution >= 4 is 0 Å². The van der Waals surface area contributed by atoms with Gasteiger partial charge in [-0.3, -0.25) is 0 Å². The summed E-state index contributed by atoms with van der Waals surface area (Å²) in [6.07, 6.45) is 0.880. The Balaban J connectivity index is 3.90. The van der Waals surface area contributed by atoms with E-state index in [-0.39, 0.29) is 0 Å². The van der Waals surface area contributed by atoms with Gasteiger partial charge in [0.15, 0.2) is 0 Å². The molecule has 3 nitrogen and oxygen atoms in total. The third-order valence-electron chi connectivity index (χ3n) is 2.58. The summed E-state index contributed by atoms with van der Waals surface area (Å²) in [6.45, 7) is 14.4. The van der Waals surface area contributed by atoms with Crippen molar-refractivity contribution in [1.29, 1.82) is 0 Å². The molecule has 2 N–H and O–H groups in total. The summed E-state index contributed by atoms with van der Waals surface area (Å²) < 4.78 is 0. The van der Waals surface area contributed by atoms with Crippen molar-refractivity contribution in [2.24, 2.45) is 5.41 Å². The van der Waals surface area contributed by atoms with Gasteiger partial charge in [-0.2, -0.15) is 0 Å². The van der Waals surface area contributed by atoms with Crippen LogP contribution in [0.1, 0.15) is 34.1 Å². The van der Waals surface area contributed by atoms with Crippen LogP contribution in [0.4, 0.5) is 0 Å². The smallest absolute Gasteiger partial charge is 0.0443 e. The number of aliphatic hydroxyl groups is 1. The van der Waals surface area contributed by atoms with E-state index in [1.807, 2.05) is 0 Å². The number of aliphatic hydroxyl groups excluding tert-OH is 1. The lowest BCUT2D eigenvalue weighted by Crippen LogP contribution is -2.41. The van der Waals surface area contributed by atoms with Gasteiger partial charge < -0.3 is 15.3 Å². The van der Waals surface area contributed by atoms with Gasteiger partial charge in [0, 0.05) is 26.2 Å². The number of nitrogens with zero attached hydrogens (tertiary/aromatic N) is 1. The van der Waals surface area contributed by atoms with Gasteiger partial charge in [0.05, 0.1) is 0 Å². The number of hydrogen-bond acceptors (Lipinski definition) is 3. The largest absolute Gasteiger partial charge is 0.396 e. The van der Waals surface area contributed by atoms with Crippen molar-refractivity contribution in [3.05, 3.63) is 0 Å². The zero-order valence-corrected chi connectivity index (χ0v) is 10.8. The predicted octanol–water partition coefficient (Wildman–Crippen LogP) is 1.33. The van der Waals surface area contributed by atoms with Gasteiger partial charge in [0.25, 0.3) is 0 Å². The van der Waals surface area contributed by atoms with Gasteiger partial charge in [-0.05, 0) is 24.9 Å². The van der Waals surface area contributed by atoms with Crippen LogP contribution < -0.4 is 5.32 Å². The first-order chi connectivity index (χ1) is 7.05. The Morgan fingerprint density at radius 1 is 1.27 bits per heavy atom. The van der Waals surface area contributed by atoms with E-state index in [0.29, 0.717) is 12.0 Å². The second kappa shape index (κ2) is 8.08. The van der Waals surface area contributed by atoms with Crippen molar-refractivity contribution in [1.82, 2.24) is 10.2 Å². The van der Waals surface area contributed by atoms with Gasteiger partial charge in [0.1, 0.15) is 0 Å². The Hall–Kier alpha value is -0.120. The van der Waals surface area contributed by atoms with E-state index < -0.39 is 0 Å². The molecule has 0 saturated heterocycles. The molecule has 0 radical (unpaired) electrons. The third-order valence-corrected chi connectivity index (χ3v) is 2.58. The highest BCUT2D eigenvalue weighted by Crippen LogP contribution is 2.15. The second-order valence-corrected chi connectivity index (χ2v) is 4.89. The summed E-state index contributed by atoms with van der Waals surface area (Å²) in [5, 5.41) is 12.2. The summed E-state index contributed by atoms with van der Waals surface area (Å²) in [4.78, 5) is 2.41. The van der Waals surface area contributed by atoms with Crippen molar-refractivity contribution < 1.29 is 5.11 Å². The molecule has 0 heterocycles. The minimum absolute atomic E-state index is 0.296. The highest BCUT2D eigenvalue weighted by molar-refractivity contribution is 4.75. The summed E-state index contributed by atoms with van der Waals surface area (Å²) in [5.41, 5.74) is 0.307. The fourth-order valence-corrected chi connectivity index (χ4v) is 1.77. The van der Waals surface area contributed by atoms with E-state index in [2.05, 4.69) is 37.9 Å². The van der Waals surface area contributed by atoms with Crippen LogP contribution in [0, 0.1) is 5.41 Å². The van der Waals surface area contributed by atoms with Crippen molar-refractivity contribution in [2.75, 3.05) is 39.3 Å². The molecule has 0 unspecified atom stereocenters. The molecule has 0 bridgehead atoms. The maximum atomic E-state index is 8.81. The quantitative estimate of drug-likeness (QED) is 0.610. The van der Waals surface area contributed by atoms with Gasteiger partial charge in [0.2, 0.25) is 0 Å². The molecule has 0 aromatic carbocycles. The Morgan fingerprint density at radius 3 is 2.40 bits per heavy atom. The van der Waals surface area contributed by atoms with E-state index in [9.17, 15) is 0 Å². The van der Waals surface area contributed by atoms with Crippen LogP contribution in [-0.4, -0.2) is 49.3 Å². The standard InChI is InChI=1S/C12H28N2O/c1-5-13-10-12(3,4)11-14(6-2)8-7-9-15/h13,15H,5-11H2,1-4H3. The Bertz CT molecular complexity index is 149. The van der Waals surface area contributed by atoms with Crippen molar-refractivity contribution in [2.45, 2.75) is 34.1 Å². The lowest BCUT2D eigenvalue weighted by Gasteiger charge is -2.32. The fraction of sp³-hybridized carbons (Fsp3) is 1.00. The second-order valence-electron chi connectivity index (χ2n) is 4.89. The van der Waals surface area contributed by atoms with E-state index in [4.69, 9.17) is 5.11 Å². The fourth-order valence-electron chi connectivity index (χ4n) is 1.77. The molecule has 0 rings (SSSR count). The first kappa shape index (κ1) is 14.9. The highest BCUT2D eigenvalue weighted by atomic mass is 16.3. The Kier molecular flexibility index (Phi) is 8.02. The predicted molar refractivity (Wildman–Crippen MR) is 66.1 cm³/mol. The third kappa shape index (κ3) is 7.77. The first-order valence-electron chi connectivity index (χ1n) is 6.09. The van der Waals surface area contributed by atoms with Gasteiger partial charge in [-0.1, -0.05) is 27.7 Å². The van der Waals surface area contributed by atoms with Crippen LogP contribution in [0.25, 0.3) is 0 Å². The molecule has 92 valence electrons. The Morgan fingerprint density at radius 2 is 1.93 bits per heavy atom. The molecule has 0 aliphatic heterocycles. The zero-order valence-electron chi connectivity index (χ0n) is 10.8. The van der Waals surface area contributed by atoms with Crippen LogP contribution in [-0.2, 0) is 0 Å². The van der Waals surface area contributed by atoms with Gasteiger partial charge in [-0.25, -0.2) is 0 Å². The number of nitrogens with one attached hydrogen (secondary N) is 1. The normalized spacial score (nSPS) is 12.4. The molecule has 0 fully saturated rings. The molecule has 0 aromatic heterocycles. The summed E-state index contributed by atoms with van der Waals surface area (Å²) >= 11 is 0. The molecule has 0 spiro atoms. The number of rotatable bonds is 9. The van der Waals surface area contributed by atoms with E-state index in [1.54, 1.807) is 0 Å². The Labute approximate surface area is 94.9 Å². The van der Waals surface area contributed by atoms with E-state index in [1.165, 1.54) is 0 Å². The lowest BCUT2D eigenvalue weighted by atomic mass is 9.92. The lowest BCUT2D eigenvalue weighted by molar-refractivity contribution is 0.166. The van der Waals surface area contributed by atoms with Crippen LogP contribution in [0.2, 0.25) is 0 Å². The minimum Gasteiger partial charge on any atom is -0.396 e. The monoisotopic (exact) mass is 216 g/mol. The molecule has 0 atom stereocenters. The summed E-state index contributed by atoms with van der Waals surface area (Å²) in [5.74, 6) is 0. The van der Waals surface area contributed by atoms with Crippen LogP contribution >= 0.6 is 0 Å². The molecule has 0 amide bonds. The SMILES string of the molecule is CCNCC(C)(C)CN(CC)CCCO. The zero-order chi connectivity index (χ0) is 11.7. The average Bonchev–Trinajstić information content (AvgIpc) is 2.21. The number of hydrogen-bond donors (Lipinski definition) is 2. The molecule has 3 heteroatoms. The molecular weight excluding hydrogens is 188 g/mol. The maximum absolute atomic E-state index is 8.81.